The van der Waals surface area contributed by atoms with Gasteiger partial charge in [0.05, 0.1) is 17.5 Å². The van der Waals surface area contributed by atoms with Crippen molar-refractivity contribution in [2.75, 3.05) is 13.1 Å². The van der Waals surface area contributed by atoms with Crippen LogP contribution in [-0.2, 0) is 0 Å². The molecule has 1 fully saturated rings. The number of fused-ring (bicyclic) bond motifs is 1. The molecule has 0 aliphatic carbocycles. The van der Waals surface area contributed by atoms with E-state index in [-0.39, 0.29) is 11.4 Å². The molecule has 1 aromatic rings. The molecule has 0 amide bonds. The smallest absolute Gasteiger partial charge is 0.171 e. The Morgan fingerprint density at radius 1 is 1.33 bits per heavy atom. The number of nitrogens with one attached hydrogen (secondary N) is 1. The molecule has 1 saturated heterocycles. The fraction of sp³-hybridized carbons (Fsp3) is 0.429. The highest BCUT2D eigenvalue weighted by atomic mass is 16.5. The first kappa shape index (κ1) is 11.2. The molecule has 0 aromatic heterocycles. The van der Waals surface area contributed by atoms with Crippen LogP contribution in [0.15, 0.2) is 18.2 Å². The monoisotopic (exact) mass is 242 g/mol. The quantitative estimate of drug-likeness (QED) is 0.751. The Hall–Kier alpha value is -1.86. The van der Waals surface area contributed by atoms with Gasteiger partial charge >= 0.3 is 0 Å². The molecule has 0 radical (unpaired) electrons. The number of ketones is 1. The minimum atomic E-state index is -0.358. The maximum Gasteiger partial charge on any atom is 0.171 e. The van der Waals surface area contributed by atoms with Crippen LogP contribution < -0.4 is 10.1 Å². The number of nitriles is 1. The summed E-state index contributed by atoms with van der Waals surface area (Å²) in [7, 11) is 0. The normalized spacial score (nSPS) is 20.9. The van der Waals surface area contributed by atoms with Gasteiger partial charge in [-0.25, -0.2) is 0 Å². The maximum atomic E-state index is 12.3. The third-order valence-corrected chi connectivity index (χ3v) is 3.75. The van der Waals surface area contributed by atoms with Gasteiger partial charge in [0.2, 0.25) is 0 Å². The Balaban J connectivity index is 2.03. The number of piperidine rings is 1. The lowest BCUT2D eigenvalue weighted by molar-refractivity contribution is 0.0187. The predicted molar refractivity (Wildman–Crippen MR) is 65.6 cm³/mol. The van der Waals surface area contributed by atoms with Gasteiger partial charge in [0, 0.05) is 12.8 Å². The molecule has 0 unspecified atom stereocenters. The fourth-order valence-electron chi connectivity index (χ4n) is 2.81. The van der Waals surface area contributed by atoms with E-state index in [1.807, 2.05) is 0 Å². The van der Waals surface area contributed by atoms with Gasteiger partial charge in [-0.15, -0.1) is 0 Å². The highest BCUT2D eigenvalue weighted by Crippen LogP contribution is 2.39. The topological polar surface area (TPSA) is 62.1 Å². The summed E-state index contributed by atoms with van der Waals surface area (Å²) in [6.45, 7) is 1.75. The molecule has 4 nitrogen and oxygen atoms in total. The van der Waals surface area contributed by atoms with Crippen LogP contribution in [0.5, 0.6) is 5.75 Å². The summed E-state index contributed by atoms with van der Waals surface area (Å²) in [4.78, 5) is 12.3. The minimum absolute atomic E-state index is 0.0373. The van der Waals surface area contributed by atoms with E-state index >= 15 is 0 Å². The summed E-state index contributed by atoms with van der Waals surface area (Å²) in [6, 6.07) is 7.29. The molecule has 0 saturated carbocycles. The van der Waals surface area contributed by atoms with Gasteiger partial charge < -0.3 is 10.1 Å². The second-order valence-electron chi connectivity index (χ2n) is 4.93. The zero-order valence-electron chi connectivity index (χ0n) is 10.0. The number of carbonyl (C=O) groups is 1. The van der Waals surface area contributed by atoms with Gasteiger partial charge in [-0.2, -0.15) is 5.26 Å². The highest BCUT2D eigenvalue weighted by molar-refractivity contribution is 6.02. The maximum absolute atomic E-state index is 12.3. The van der Waals surface area contributed by atoms with E-state index in [0.29, 0.717) is 23.3 Å². The van der Waals surface area contributed by atoms with Crippen molar-refractivity contribution in [2.24, 2.45) is 0 Å². The SMILES string of the molecule is N#Cc1cccc2c1C(=O)CC1(CCNCC1)O2. The van der Waals surface area contributed by atoms with Crippen LogP contribution in [-0.4, -0.2) is 24.5 Å². The van der Waals surface area contributed by atoms with E-state index in [1.54, 1.807) is 18.2 Å². The number of hydrogen-bond donors (Lipinski definition) is 1. The second-order valence-corrected chi connectivity index (χ2v) is 4.93. The summed E-state index contributed by atoms with van der Waals surface area (Å²) in [5.74, 6) is 0.613. The lowest BCUT2D eigenvalue weighted by Gasteiger charge is -2.41. The molecule has 0 atom stereocenters. The van der Waals surface area contributed by atoms with E-state index in [9.17, 15) is 4.79 Å². The molecule has 92 valence electrons. The van der Waals surface area contributed by atoms with Gasteiger partial charge in [0.1, 0.15) is 17.4 Å². The van der Waals surface area contributed by atoms with E-state index in [1.165, 1.54) is 0 Å². The molecule has 4 heteroatoms. The van der Waals surface area contributed by atoms with E-state index in [4.69, 9.17) is 10.00 Å². The van der Waals surface area contributed by atoms with Crippen molar-refractivity contribution in [3.8, 4) is 11.8 Å². The van der Waals surface area contributed by atoms with Crippen molar-refractivity contribution >= 4 is 5.78 Å². The van der Waals surface area contributed by atoms with Crippen LogP contribution in [0.3, 0.4) is 0 Å². The van der Waals surface area contributed by atoms with E-state index in [0.717, 1.165) is 25.9 Å². The van der Waals surface area contributed by atoms with Gasteiger partial charge in [0.15, 0.2) is 5.78 Å². The minimum Gasteiger partial charge on any atom is -0.486 e. The molecule has 2 aliphatic rings. The lowest BCUT2D eigenvalue weighted by Crippen LogP contribution is -2.49. The third-order valence-electron chi connectivity index (χ3n) is 3.75. The molecular weight excluding hydrogens is 228 g/mol. The zero-order valence-corrected chi connectivity index (χ0v) is 10.0. The third kappa shape index (κ3) is 1.68. The molecule has 2 aliphatic heterocycles. The predicted octanol–water partition coefficient (Wildman–Crippen LogP) is 1.65. The number of benzene rings is 1. The first-order valence-electron chi connectivity index (χ1n) is 6.20. The Bertz CT molecular complexity index is 539. The van der Waals surface area contributed by atoms with Crippen molar-refractivity contribution in [1.82, 2.24) is 5.32 Å². The van der Waals surface area contributed by atoms with Gasteiger partial charge in [-0.3, -0.25) is 4.79 Å². The molecule has 1 aromatic carbocycles. The first-order chi connectivity index (χ1) is 8.74. The Labute approximate surface area is 106 Å². The Morgan fingerprint density at radius 3 is 2.83 bits per heavy atom. The van der Waals surface area contributed by atoms with Crippen LogP contribution in [0.1, 0.15) is 35.2 Å². The van der Waals surface area contributed by atoms with Crippen LogP contribution in [0.2, 0.25) is 0 Å². The number of nitrogens with zero attached hydrogens (tertiary/aromatic N) is 1. The molecule has 0 bridgehead atoms. The number of carbonyl (C=O) groups excluding carboxylic acids is 1. The average molecular weight is 242 g/mol. The van der Waals surface area contributed by atoms with Crippen molar-refractivity contribution in [1.29, 1.82) is 5.26 Å². The average Bonchev–Trinajstić information content (AvgIpc) is 2.38. The summed E-state index contributed by atoms with van der Waals surface area (Å²) in [6.07, 6.45) is 2.07. The molecule has 18 heavy (non-hydrogen) atoms. The fourth-order valence-corrected chi connectivity index (χ4v) is 2.81. The summed E-state index contributed by atoms with van der Waals surface area (Å²) < 4.78 is 6.06. The lowest BCUT2D eigenvalue weighted by atomic mass is 9.82. The number of rotatable bonds is 0. The van der Waals surface area contributed by atoms with Crippen LogP contribution in [0, 0.1) is 11.3 Å². The van der Waals surface area contributed by atoms with E-state index < -0.39 is 0 Å². The molecule has 3 rings (SSSR count). The number of Topliss-reactive ketones (excluding diaryl/α,β-unsaturated/α-hetero) is 1. The van der Waals surface area contributed by atoms with Crippen molar-refractivity contribution in [3.05, 3.63) is 29.3 Å². The van der Waals surface area contributed by atoms with Crippen LogP contribution >= 0.6 is 0 Å². The highest BCUT2D eigenvalue weighted by Gasteiger charge is 2.42. The molecule has 1 spiro atoms. The van der Waals surface area contributed by atoms with Gasteiger partial charge in [-0.05, 0) is 25.2 Å². The van der Waals surface area contributed by atoms with Crippen molar-refractivity contribution < 1.29 is 9.53 Å². The Morgan fingerprint density at radius 2 is 2.11 bits per heavy atom. The first-order valence-corrected chi connectivity index (χ1v) is 6.20. The largest absolute Gasteiger partial charge is 0.486 e. The standard InChI is InChI=1S/C14H14N2O2/c15-9-10-2-1-3-12-13(10)11(17)8-14(18-12)4-6-16-7-5-14/h1-3,16H,4-8H2. The number of hydrogen-bond acceptors (Lipinski definition) is 4. The molecular formula is C14H14N2O2. The van der Waals surface area contributed by atoms with Gasteiger partial charge in [0.25, 0.3) is 0 Å². The summed E-state index contributed by atoms with van der Waals surface area (Å²) >= 11 is 0. The number of ether oxygens (including phenoxy) is 1. The Kier molecular flexibility index (Phi) is 2.57. The zero-order chi connectivity index (χ0) is 12.6. The molecule has 1 N–H and O–H groups in total. The summed E-state index contributed by atoms with van der Waals surface area (Å²) in [5.41, 5.74) is 0.522. The van der Waals surface area contributed by atoms with Crippen molar-refractivity contribution in [2.45, 2.75) is 24.9 Å². The van der Waals surface area contributed by atoms with Crippen molar-refractivity contribution in [3.63, 3.8) is 0 Å². The van der Waals surface area contributed by atoms with Crippen LogP contribution in [0.25, 0.3) is 0 Å². The van der Waals surface area contributed by atoms with E-state index in [2.05, 4.69) is 11.4 Å². The second kappa shape index (κ2) is 4.11. The van der Waals surface area contributed by atoms with Crippen LogP contribution in [0.4, 0.5) is 0 Å². The molecule has 2 heterocycles. The van der Waals surface area contributed by atoms with Gasteiger partial charge in [-0.1, -0.05) is 6.07 Å². The summed E-state index contributed by atoms with van der Waals surface area (Å²) in [5, 5.41) is 12.3.